The molecule has 0 atom stereocenters. The van der Waals surface area contributed by atoms with Crippen LogP contribution in [-0.4, -0.2) is 47.1 Å². The number of para-hydroxylation sites is 2. The van der Waals surface area contributed by atoms with Crippen LogP contribution in [0.2, 0.25) is 5.15 Å². The van der Waals surface area contributed by atoms with E-state index < -0.39 is 0 Å². The Labute approximate surface area is 147 Å². The number of phenols is 1. The Bertz CT molecular complexity index is 733. The van der Waals surface area contributed by atoms with Gasteiger partial charge in [0.2, 0.25) is 0 Å². The average Bonchev–Trinajstić information content (AvgIpc) is 2.57. The van der Waals surface area contributed by atoms with Gasteiger partial charge in [-0.1, -0.05) is 23.7 Å². The van der Waals surface area contributed by atoms with Gasteiger partial charge in [0.05, 0.1) is 11.3 Å². The van der Waals surface area contributed by atoms with Gasteiger partial charge in [0.15, 0.2) is 0 Å². The summed E-state index contributed by atoms with van der Waals surface area (Å²) in [7, 11) is 0. The maximum Gasteiger partial charge on any atom is 0.257 e. The third kappa shape index (κ3) is 3.43. The van der Waals surface area contributed by atoms with E-state index in [0.29, 0.717) is 31.7 Å². The van der Waals surface area contributed by atoms with Crippen LogP contribution in [0, 0.1) is 0 Å². The second kappa shape index (κ2) is 6.76. The second-order valence-electron chi connectivity index (χ2n) is 5.26. The number of benzene rings is 1. The van der Waals surface area contributed by atoms with Gasteiger partial charge in [0, 0.05) is 36.8 Å². The number of rotatable bonds is 2. The van der Waals surface area contributed by atoms with E-state index in [1.54, 1.807) is 29.3 Å². The monoisotopic (exact) mass is 395 g/mol. The summed E-state index contributed by atoms with van der Waals surface area (Å²) < 4.78 is 0.720. The first-order valence-electron chi connectivity index (χ1n) is 7.19. The van der Waals surface area contributed by atoms with Gasteiger partial charge in [-0.2, -0.15) is 0 Å². The summed E-state index contributed by atoms with van der Waals surface area (Å²) >= 11 is 9.34. The number of pyridine rings is 1. The highest BCUT2D eigenvalue weighted by atomic mass is 79.9. The first-order chi connectivity index (χ1) is 11.1. The molecule has 1 saturated heterocycles. The van der Waals surface area contributed by atoms with Crippen LogP contribution in [0.4, 0.5) is 5.69 Å². The van der Waals surface area contributed by atoms with Crippen LogP contribution in [0.3, 0.4) is 0 Å². The summed E-state index contributed by atoms with van der Waals surface area (Å²) in [6, 6.07) is 8.91. The third-order valence-corrected chi connectivity index (χ3v) is 4.56. The zero-order valence-electron chi connectivity index (χ0n) is 12.2. The standard InChI is InChI=1S/C16H15BrClN3O2/c17-11-9-12(15(18)19-10-11)16(23)21-7-5-20(6-8-21)13-3-1-2-4-14(13)22/h1-4,9-10,22H,5-8H2. The highest BCUT2D eigenvalue weighted by molar-refractivity contribution is 9.10. The van der Waals surface area contributed by atoms with Gasteiger partial charge in [-0.15, -0.1) is 0 Å². The fraction of sp³-hybridized carbons (Fsp3) is 0.250. The number of amides is 1. The molecule has 0 bridgehead atoms. The molecule has 0 radical (unpaired) electrons. The zero-order valence-corrected chi connectivity index (χ0v) is 14.6. The van der Waals surface area contributed by atoms with Crippen LogP contribution < -0.4 is 4.90 Å². The Kier molecular flexibility index (Phi) is 4.73. The van der Waals surface area contributed by atoms with Crippen LogP contribution in [0.1, 0.15) is 10.4 Å². The summed E-state index contributed by atoms with van der Waals surface area (Å²) in [6.45, 7) is 2.44. The number of anilines is 1. The molecular formula is C16H15BrClN3O2. The summed E-state index contributed by atoms with van der Waals surface area (Å²) in [5.41, 5.74) is 1.19. The Balaban J connectivity index is 1.70. The topological polar surface area (TPSA) is 56.7 Å². The number of phenolic OH excluding ortho intramolecular Hbond substituents is 1. The van der Waals surface area contributed by atoms with Gasteiger partial charge in [-0.05, 0) is 34.1 Å². The molecular weight excluding hydrogens is 382 g/mol. The number of hydrogen-bond donors (Lipinski definition) is 1. The lowest BCUT2D eigenvalue weighted by atomic mass is 10.2. The molecule has 2 heterocycles. The van der Waals surface area contributed by atoms with Gasteiger partial charge >= 0.3 is 0 Å². The average molecular weight is 397 g/mol. The van der Waals surface area contributed by atoms with E-state index in [1.807, 2.05) is 12.1 Å². The first kappa shape index (κ1) is 16.1. The molecule has 1 aromatic carbocycles. The summed E-state index contributed by atoms with van der Waals surface area (Å²) in [5, 5.41) is 10.1. The molecule has 23 heavy (non-hydrogen) atoms. The van der Waals surface area contributed by atoms with Crippen molar-refractivity contribution in [3.05, 3.63) is 51.7 Å². The maximum atomic E-state index is 12.6. The Morgan fingerprint density at radius 3 is 2.61 bits per heavy atom. The lowest BCUT2D eigenvalue weighted by Gasteiger charge is -2.36. The number of hydrogen-bond acceptors (Lipinski definition) is 4. The van der Waals surface area contributed by atoms with Crippen LogP contribution in [0.25, 0.3) is 0 Å². The summed E-state index contributed by atoms with van der Waals surface area (Å²) in [6.07, 6.45) is 1.56. The molecule has 0 aliphatic carbocycles. The summed E-state index contributed by atoms with van der Waals surface area (Å²) in [4.78, 5) is 20.4. The van der Waals surface area contributed by atoms with E-state index in [2.05, 4.69) is 25.8 Å². The predicted octanol–water partition coefficient (Wildman–Crippen LogP) is 3.17. The molecule has 0 spiro atoms. The number of halogens is 2. The van der Waals surface area contributed by atoms with Crippen molar-refractivity contribution in [3.8, 4) is 5.75 Å². The maximum absolute atomic E-state index is 12.6. The normalized spacial score (nSPS) is 14.9. The Morgan fingerprint density at radius 1 is 1.22 bits per heavy atom. The molecule has 5 nitrogen and oxygen atoms in total. The minimum atomic E-state index is -0.124. The van der Waals surface area contributed by atoms with E-state index in [1.165, 1.54) is 0 Å². The predicted molar refractivity (Wildman–Crippen MR) is 93.2 cm³/mol. The Morgan fingerprint density at radius 2 is 1.91 bits per heavy atom. The van der Waals surface area contributed by atoms with Crippen molar-refractivity contribution in [2.45, 2.75) is 0 Å². The minimum absolute atomic E-state index is 0.124. The number of aromatic nitrogens is 1. The number of nitrogens with zero attached hydrogens (tertiary/aromatic N) is 3. The quantitative estimate of drug-likeness (QED) is 0.792. The van der Waals surface area contributed by atoms with Crippen molar-refractivity contribution in [3.63, 3.8) is 0 Å². The highest BCUT2D eigenvalue weighted by Crippen LogP contribution is 2.28. The van der Waals surface area contributed by atoms with Crippen molar-refractivity contribution in [1.82, 2.24) is 9.88 Å². The zero-order chi connectivity index (χ0) is 16.4. The van der Waals surface area contributed by atoms with E-state index >= 15 is 0 Å². The molecule has 0 unspecified atom stereocenters. The third-order valence-electron chi connectivity index (χ3n) is 3.83. The molecule has 120 valence electrons. The lowest BCUT2D eigenvalue weighted by Crippen LogP contribution is -2.48. The van der Waals surface area contributed by atoms with E-state index in [4.69, 9.17) is 11.6 Å². The van der Waals surface area contributed by atoms with Gasteiger partial charge < -0.3 is 14.9 Å². The van der Waals surface area contributed by atoms with Crippen LogP contribution in [0.15, 0.2) is 41.0 Å². The molecule has 0 saturated carbocycles. The Hall–Kier alpha value is -1.79. The number of carbonyl (C=O) groups is 1. The van der Waals surface area contributed by atoms with Gasteiger partial charge in [0.1, 0.15) is 10.9 Å². The molecule has 1 aliphatic heterocycles. The lowest BCUT2D eigenvalue weighted by molar-refractivity contribution is 0.0746. The molecule has 1 amide bonds. The second-order valence-corrected chi connectivity index (χ2v) is 6.53. The first-order valence-corrected chi connectivity index (χ1v) is 8.36. The highest BCUT2D eigenvalue weighted by Gasteiger charge is 2.25. The minimum Gasteiger partial charge on any atom is -0.506 e. The van der Waals surface area contributed by atoms with E-state index in [0.717, 1.165) is 10.2 Å². The van der Waals surface area contributed by atoms with Gasteiger partial charge in [-0.25, -0.2) is 4.98 Å². The van der Waals surface area contributed by atoms with E-state index in [9.17, 15) is 9.90 Å². The van der Waals surface area contributed by atoms with E-state index in [-0.39, 0.29) is 16.8 Å². The number of aromatic hydroxyl groups is 1. The summed E-state index contributed by atoms with van der Waals surface area (Å²) in [5.74, 6) is 0.132. The largest absolute Gasteiger partial charge is 0.506 e. The molecule has 1 N–H and O–H groups in total. The number of carbonyl (C=O) groups excluding carboxylic acids is 1. The van der Waals surface area contributed by atoms with Crippen LogP contribution in [-0.2, 0) is 0 Å². The van der Waals surface area contributed by atoms with Crippen molar-refractivity contribution in [2.75, 3.05) is 31.1 Å². The van der Waals surface area contributed by atoms with Crippen molar-refractivity contribution in [2.24, 2.45) is 0 Å². The van der Waals surface area contributed by atoms with Crippen LogP contribution >= 0.6 is 27.5 Å². The van der Waals surface area contributed by atoms with Gasteiger partial charge in [0.25, 0.3) is 5.91 Å². The molecule has 1 aromatic heterocycles. The SMILES string of the molecule is O=C(c1cc(Br)cnc1Cl)N1CCN(c2ccccc2O)CC1. The van der Waals surface area contributed by atoms with Crippen LogP contribution in [0.5, 0.6) is 5.75 Å². The van der Waals surface area contributed by atoms with Crippen molar-refractivity contribution < 1.29 is 9.90 Å². The molecule has 2 aromatic rings. The molecule has 1 fully saturated rings. The molecule has 3 rings (SSSR count). The molecule has 7 heteroatoms. The molecule has 1 aliphatic rings. The number of piperazine rings is 1. The fourth-order valence-corrected chi connectivity index (χ4v) is 3.14. The van der Waals surface area contributed by atoms with Crippen molar-refractivity contribution >= 4 is 39.1 Å². The van der Waals surface area contributed by atoms with Gasteiger partial charge in [-0.3, -0.25) is 4.79 Å². The van der Waals surface area contributed by atoms with Crippen molar-refractivity contribution in [1.29, 1.82) is 0 Å². The smallest absolute Gasteiger partial charge is 0.257 e. The fourth-order valence-electron chi connectivity index (χ4n) is 2.62.